The molecule has 0 aromatic carbocycles. The van der Waals surface area contributed by atoms with Crippen molar-refractivity contribution in [2.45, 2.75) is 27.7 Å². The van der Waals surface area contributed by atoms with Crippen molar-refractivity contribution in [2.75, 3.05) is 54.4 Å². The Hall–Kier alpha value is 0.0569. The van der Waals surface area contributed by atoms with Crippen molar-refractivity contribution in [1.29, 1.82) is 0 Å². The van der Waals surface area contributed by atoms with E-state index in [-0.39, 0.29) is 0 Å². The molecule has 0 aliphatic rings. The van der Waals surface area contributed by atoms with Crippen LogP contribution in [0.3, 0.4) is 0 Å². The third-order valence-corrected chi connectivity index (χ3v) is 8.94. The van der Waals surface area contributed by atoms with Gasteiger partial charge in [-0.25, -0.2) is 0 Å². The average molecular weight is 261 g/mol. The van der Waals surface area contributed by atoms with Crippen molar-refractivity contribution in [2.24, 2.45) is 0 Å². The Kier molecular flexibility index (Phi) is 7.51. The van der Waals surface area contributed by atoms with Crippen molar-refractivity contribution in [3.05, 3.63) is 0 Å². The molecule has 0 amide bonds. The van der Waals surface area contributed by atoms with Crippen LogP contribution in [0.1, 0.15) is 27.7 Å². The second kappa shape index (κ2) is 7.48. The largest absolute Gasteiger partial charge is 0.376 e. The van der Waals surface area contributed by atoms with Crippen molar-refractivity contribution in [3.63, 3.8) is 0 Å². The highest BCUT2D eigenvalue weighted by atomic mass is 28.4. The Bertz CT molecular complexity index is 179. The first kappa shape index (κ1) is 17.1. The fourth-order valence-electron chi connectivity index (χ4n) is 3.03. The highest BCUT2D eigenvalue weighted by Crippen LogP contribution is 2.20. The Morgan fingerprint density at radius 2 is 0.824 bits per heavy atom. The summed E-state index contributed by atoms with van der Waals surface area (Å²) in [5.74, 6) is 0. The lowest BCUT2D eigenvalue weighted by Crippen LogP contribution is -2.80. The summed E-state index contributed by atoms with van der Waals surface area (Å²) < 4.78 is 10.2. The lowest BCUT2D eigenvalue weighted by atomic mass is 10.7. The molecule has 17 heavy (non-hydrogen) atoms. The Morgan fingerprint density at radius 3 is 0.941 bits per heavy atom. The van der Waals surface area contributed by atoms with Crippen LogP contribution >= 0.6 is 0 Å². The van der Waals surface area contributed by atoms with Crippen LogP contribution < -0.4 is 0 Å². The molecule has 0 aliphatic heterocycles. The fourth-order valence-corrected chi connectivity index (χ4v) is 8.19. The summed E-state index contributed by atoms with van der Waals surface area (Å²) >= 11 is 0. The molecule has 0 aliphatic carbocycles. The fraction of sp³-hybridized carbons (Fsp3) is 1.00. The van der Waals surface area contributed by atoms with Gasteiger partial charge in [-0.15, -0.1) is 0 Å². The molecule has 5 heteroatoms. The second-order valence-corrected chi connectivity index (χ2v) is 8.99. The molecule has 104 valence electrons. The lowest BCUT2D eigenvalue weighted by Gasteiger charge is -2.53. The normalized spacial score (nSPS) is 13.4. The molecule has 0 rings (SSSR count). The minimum absolute atomic E-state index is 1.11. The summed E-state index contributed by atoms with van der Waals surface area (Å²) in [5, 5.41) is 0. The van der Waals surface area contributed by atoms with Crippen molar-refractivity contribution in [1.82, 2.24) is 18.3 Å². The summed E-state index contributed by atoms with van der Waals surface area (Å²) in [5.41, 5.74) is 0. The number of rotatable bonds is 8. The maximum Gasteiger partial charge on any atom is 0.376 e. The Morgan fingerprint density at radius 1 is 0.588 bits per heavy atom. The third-order valence-electron chi connectivity index (χ3n) is 3.58. The number of nitrogens with zero attached hydrogens (tertiary/aromatic N) is 4. The molecule has 0 aromatic rings. The van der Waals surface area contributed by atoms with Gasteiger partial charge in [-0.1, -0.05) is 27.7 Å². The molecule has 0 heterocycles. The van der Waals surface area contributed by atoms with Crippen LogP contribution in [0.4, 0.5) is 0 Å². The zero-order chi connectivity index (χ0) is 13.6. The van der Waals surface area contributed by atoms with E-state index in [9.17, 15) is 0 Å². The van der Waals surface area contributed by atoms with Crippen LogP contribution in [0, 0.1) is 0 Å². The minimum atomic E-state index is -1.88. The molecule has 0 spiro atoms. The molecule has 0 radical (unpaired) electrons. The highest BCUT2D eigenvalue weighted by Gasteiger charge is 2.49. The van der Waals surface area contributed by atoms with Crippen LogP contribution in [0.25, 0.3) is 0 Å². The van der Waals surface area contributed by atoms with E-state index < -0.39 is 8.72 Å². The van der Waals surface area contributed by atoms with Crippen LogP contribution in [-0.4, -0.2) is 81.4 Å². The molecule has 0 saturated carbocycles. The summed E-state index contributed by atoms with van der Waals surface area (Å²) in [6, 6.07) is 0. The predicted octanol–water partition coefficient (Wildman–Crippen LogP) is 1.23. The van der Waals surface area contributed by atoms with Gasteiger partial charge in [0.05, 0.1) is 0 Å². The number of hydrogen-bond acceptors (Lipinski definition) is 4. The van der Waals surface area contributed by atoms with E-state index in [1.54, 1.807) is 0 Å². The smallest absolute Gasteiger partial charge is 0.292 e. The molecule has 4 nitrogen and oxygen atoms in total. The zero-order valence-corrected chi connectivity index (χ0v) is 14.1. The maximum atomic E-state index is 2.64. The SMILES string of the molecule is CCN(CC)[Si](N(C)C)(N(C)C)N(CC)CC. The topological polar surface area (TPSA) is 13.0 Å². The molecule has 0 N–H and O–H groups in total. The van der Waals surface area contributed by atoms with Gasteiger partial charge in [-0.05, 0) is 54.4 Å². The predicted molar refractivity (Wildman–Crippen MR) is 79.0 cm³/mol. The van der Waals surface area contributed by atoms with E-state index in [1.165, 1.54) is 0 Å². The van der Waals surface area contributed by atoms with Crippen LogP contribution in [0.15, 0.2) is 0 Å². The summed E-state index contributed by atoms with van der Waals surface area (Å²) in [6.45, 7) is 13.5. The van der Waals surface area contributed by atoms with Gasteiger partial charge in [0.15, 0.2) is 0 Å². The van der Waals surface area contributed by atoms with Gasteiger partial charge < -0.3 is 0 Å². The van der Waals surface area contributed by atoms with Crippen LogP contribution in [-0.2, 0) is 0 Å². The molecular weight excluding hydrogens is 228 g/mol. The van der Waals surface area contributed by atoms with Crippen LogP contribution in [0.5, 0.6) is 0 Å². The van der Waals surface area contributed by atoms with Gasteiger partial charge in [0, 0.05) is 0 Å². The lowest BCUT2D eigenvalue weighted by molar-refractivity contribution is 0.231. The standard InChI is InChI=1S/C12H32N4Si/c1-9-15(10-2)17(13(5)6,14(7)8)16(11-3)12-4/h9-12H2,1-8H3. The van der Waals surface area contributed by atoms with Gasteiger partial charge in [-0.2, -0.15) is 0 Å². The van der Waals surface area contributed by atoms with Gasteiger partial charge in [0.1, 0.15) is 0 Å². The van der Waals surface area contributed by atoms with E-state index in [0.717, 1.165) is 26.2 Å². The van der Waals surface area contributed by atoms with Crippen molar-refractivity contribution < 1.29 is 0 Å². The molecule has 0 bridgehead atoms. The molecule has 0 saturated heterocycles. The van der Waals surface area contributed by atoms with E-state index in [2.05, 4.69) is 74.1 Å². The van der Waals surface area contributed by atoms with Crippen molar-refractivity contribution in [3.8, 4) is 0 Å². The van der Waals surface area contributed by atoms with Gasteiger partial charge in [0.2, 0.25) is 0 Å². The minimum Gasteiger partial charge on any atom is -0.292 e. The average Bonchev–Trinajstić information content (AvgIpc) is 2.28. The van der Waals surface area contributed by atoms with Crippen LogP contribution in [0.2, 0.25) is 0 Å². The van der Waals surface area contributed by atoms with E-state index >= 15 is 0 Å². The first-order valence-corrected chi connectivity index (χ1v) is 8.57. The molecule has 0 atom stereocenters. The summed E-state index contributed by atoms with van der Waals surface area (Å²) in [7, 11) is 7.02. The van der Waals surface area contributed by atoms with Gasteiger partial charge in [-0.3, -0.25) is 18.3 Å². The van der Waals surface area contributed by atoms with Gasteiger partial charge in [0.25, 0.3) is 0 Å². The van der Waals surface area contributed by atoms with E-state index in [0.29, 0.717) is 0 Å². The zero-order valence-electron chi connectivity index (χ0n) is 13.1. The monoisotopic (exact) mass is 260 g/mol. The quantitative estimate of drug-likeness (QED) is 0.609. The second-order valence-electron chi connectivity index (χ2n) is 4.73. The van der Waals surface area contributed by atoms with Crippen molar-refractivity contribution >= 4 is 8.72 Å². The Labute approximate surface area is 109 Å². The molecule has 0 aromatic heterocycles. The number of hydrogen-bond donors (Lipinski definition) is 0. The first-order chi connectivity index (χ1) is 7.93. The summed E-state index contributed by atoms with van der Waals surface area (Å²) in [4.78, 5) is 0. The third kappa shape index (κ3) is 3.09. The molecule has 0 unspecified atom stereocenters. The van der Waals surface area contributed by atoms with E-state index in [1.807, 2.05) is 0 Å². The highest BCUT2D eigenvalue weighted by molar-refractivity contribution is 6.68. The molecule has 0 fully saturated rings. The maximum absolute atomic E-state index is 2.64. The van der Waals surface area contributed by atoms with E-state index in [4.69, 9.17) is 0 Å². The first-order valence-electron chi connectivity index (χ1n) is 6.78. The van der Waals surface area contributed by atoms with Gasteiger partial charge >= 0.3 is 8.72 Å². The molecular formula is C12H32N4Si. The summed E-state index contributed by atoms with van der Waals surface area (Å²) in [6.07, 6.45) is 0. The Balaban J connectivity index is 5.56.